The molecule has 0 aliphatic carbocycles. The number of nitrogens with zero attached hydrogens (tertiary/aromatic N) is 1. The lowest BCUT2D eigenvalue weighted by molar-refractivity contribution is -0.124. The molecule has 1 N–H and O–H groups in total. The predicted octanol–water partition coefficient (Wildman–Crippen LogP) is 1.18. The van der Waals surface area contributed by atoms with Gasteiger partial charge in [-0.2, -0.15) is 0 Å². The molecule has 0 aromatic rings. The second-order valence-electron chi connectivity index (χ2n) is 4.20. The molecule has 1 fully saturated rings. The van der Waals surface area contributed by atoms with Crippen LogP contribution in [0.15, 0.2) is 0 Å². The number of nitrogens with one attached hydrogen (secondary N) is 1. The summed E-state index contributed by atoms with van der Waals surface area (Å²) in [6, 6.07) is -0.358. The molecule has 98 valence electrons. The van der Waals surface area contributed by atoms with Crippen LogP contribution in [0.4, 0.5) is 4.79 Å². The maximum absolute atomic E-state index is 11.8. The van der Waals surface area contributed by atoms with Crippen LogP contribution in [0.25, 0.3) is 0 Å². The first-order valence-corrected chi connectivity index (χ1v) is 6.37. The fourth-order valence-corrected chi connectivity index (χ4v) is 1.83. The number of carbonyl (C=O) groups excluding carboxylic acids is 2. The van der Waals surface area contributed by atoms with Crippen molar-refractivity contribution in [1.82, 2.24) is 10.2 Å². The first-order chi connectivity index (χ1) is 8.20. The van der Waals surface area contributed by atoms with E-state index in [4.69, 9.17) is 4.74 Å². The Bertz CT molecular complexity index is 268. The topological polar surface area (TPSA) is 58.6 Å². The molecule has 1 rings (SSSR count). The number of piperazine rings is 1. The van der Waals surface area contributed by atoms with E-state index in [2.05, 4.69) is 5.32 Å². The van der Waals surface area contributed by atoms with Gasteiger partial charge in [0.05, 0.1) is 6.61 Å². The zero-order chi connectivity index (χ0) is 12.7. The fourth-order valence-electron chi connectivity index (χ4n) is 1.83. The second-order valence-corrected chi connectivity index (χ2v) is 4.20. The van der Waals surface area contributed by atoms with Gasteiger partial charge in [-0.05, 0) is 6.42 Å². The van der Waals surface area contributed by atoms with Crippen molar-refractivity contribution in [3.8, 4) is 0 Å². The number of ether oxygens (including phenoxy) is 1. The van der Waals surface area contributed by atoms with E-state index in [1.165, 1.54) is 0 Å². The van der Waals surface area contributed by atoms with Crippen LogP contribution in [0.5, 0.6) is 0 Å². The van der Waals surface area contributed by atoms with Gasteiger partial charge in [-0.15, -0.1) is 0 Å². The summed E-state index contributed by atoms with van der Waals surface area (Å²) in [5.74, 6) is 0.0876. The fraction of sp³-hybridized carbons (Fsp3) is 0.833. The SMILES string of the molecule is CCCCOC(=O)N1CCNCC1C(=O)CC. The third kappa shape index (κ3) is 4.00. The highest BCUT2D eigenvalue weighted by molar-refractivity contribution is 5.87. The van der Waals surface area contributed by atoms with Crippen molar-refractivity contribution in [2.24, 2.45) is 0 Å². The van der Waals surface area contributed by atoms with Gasteiger partial charge in [-0.3, -0.25) is 9.69 Å². The third-order valence-corrected chi connectivity index (χ3v) is 2.92. The summed E-state index contributed by atoms with van der Waals surface area (Å²) in [4.78, 5) is 25.1. The molecule has 5 nitrogen and oxygen atoms in total. The molecule has 1 saturated heterocycles. The number of hydrogen-bond acceptors (Lipinski definition) is 4. The van der Waals surface area contributed by atoms with Crippen LogP contribution >= 0.6 is 0 Å². The summed E-state index contributed by atoms with van der Waals surface area (Å²) in [5, 5.41) is 3.13. The van der Waals surface area contributed by atoms with Crippen molar-refractivity contribution in [2.45, 2.75) is 39.2 Å². The molecule has 1 amide bonds. The molecule has 0 aromatic heterocycles. The number of ketones is 1. The molecule has 1 aliphatic heterocycles. The van der Waals surface area contributed by atoms with Gasteiger partial charge in [0.1, 0.15) is 6.04 Å². The zero-order valence-electron chi connectivity index (χ0n) is 10.7. The van der Waals surface area contributed by atoms with E-state index in [1.807, 2.05) is 13.8 Å². The Labute approximate surface area is 102 Å². The summed E-state index contributed by atoms with van der Waals surface area (Å²) >= 11 is 0. The highest BCUT2D eigenvalue weighted by atomic mass is 16.6. The van der Waals surface area contributed by atoms with E-state index in [0.717, 1.165) is 19.4 Å². The zero-order valence-corrected chi connectivity index (χ0v) is 10.7. The third-order valence-electron chi connectivity index (χ3n) is 2.92. The van der Waals surface area contributed by atoms with E-state index in [9.17, 15) is 9.59 Å². The number of hydrogen-bond donors (Lipinski definition) is 1. The lowest BCUT2D eigenvalue weighted by Crippen LogP contribution is -2.57. The molecular weight excluding hydrogens is 220 g/mol. The Hall–Kier alpha value is -1.10. The van der Waals surface area contributed by atoms with Gasteiger partial charge in [0.2, 0.25) is 0 Å². The first-order valence-electron chi connectivity index (χ1n) is 6.37. The molecule has 1 unspecified atom stereocenters. The second kappa shape index (κ2) is 7.27. The maximum Gasteiger partial charge on any atom is 0.410 e. The molecule has 0 radical (unpaired) electrons. The molecule has 1 heterocycles. The highest BCUT2D eigenvalue weighted by Crippen LogP contribution is 2.09. The highest BCUT2D eigenvalue weighted by Gasteiger charge is 2.31. The van der Waals surface area contributed by atoms with Crippen LogP contribution in [0.3, 0.4) is 0 Å². The Morgan fingerprint density at radius 2 is 2.18 bits per heavy atom. The van der Waals surface area contributed by atoms with Crippen molar-refractivity contribution in [1.29, 1.82) is 0 Å². The van der Waals surface area contributed by atoms with Crippen molar-refractivity contribution in [2.75, 3.05) is 26.2 Å². The molecule has 0 saturated carbocycles. The Balaban J connectivity index is 2.52. The minimum Gasteiger partial charge on any atom is -0.449 e. The van der Waals surface area contributed by atoms with Gasteiger partial charge in [0.25, 0.3) is 0 Å². The van der Waals surface area contributed by atoms with Crippen LogP contribution in [-0.2, 0) is 9.53 Å². The largest absolute Gasteiger partial charge is 0.449 e. The standard InChI is InChI=1S/C12H22N2O3/c1-3-5-8-17-12(16)14-7-6-13-9-10(14)11(15)4-2/h10,13H,3-9H2,1-2H3. The van der Waals surface area contributed by atoms with E-state index in [1.54, 1.807) is 4.90 Å². The number of Topliss-reactive ketones (excluding diaryl/α,β-unsaturated/α-hetero) is 1. The smallest absolute Gasteiger partial charge is 0.410 e. The van der Waals surface area contributed by atoms with E-state index in [-0.39, 0.29) is 17.9 Å². The van der Waals surface area contributed by atoms with Gasteiger partial charge in [-0.25, -0.2) is 4.79 Å². The lowest BCUT2D eigenvalue weighted by atomic mass is 10.1. The van der Waals surface area contributed by atoms with Crippen LogP contribution in [-0.4, -0.2) is 49.1 Å². The Kier molecular flexibility index (Phi) is 5.97. The average Bonchev–Trinajstić information content (AvgIpc) is 2.38. The van der Waals surface area contributed by atoms with Gasteiger partial charge in [0, 0.05) is 26.1 Å². The number of rotatable bonds is 5. The Morgan fingerprint density at radius 1 is 1.41 bits per heavy atom. The predicted molar refractivity (Wildman–Crippen MR) is 64.9 cm³/mol. The molecule has 0 aromatic carbocycles. The Morgan fingerprint density at radius 3 is 2.82 bits per heavy atom. The van der Waals surface area contributed by atoms with Crippen molar-refractivity contribution in [3.05, 3.63) is 0 Å². The minimum absolute atomic E-state index is 0.0876. The van der Waals surface area contributed by atoms with E-state index < -0.39 is 0 Å². The lowest BCUT2D eigenvalue weighted by Gasteiger charge is -2.34. The molecule has 0 spiro atoms. The van der Waals surface area contributed by atoms with Crippen molar-refractivity contribution >= 4 is 11.9 Å². The van der Waals surface area contributed by atoms with Crippen molar-refractivity contribution < 1.29 is 14.3 Å². The first kappa shape index (κ1) is 14.0. The van der Waals surface area contributed by atoms with Gasteiger partial charge in [-0.1, -0.05) is 20.3 Å². The van der Waals surface area contributed by atoms with Crippen LogP contribution < -0.4 is 5.32 Å². The molecule has 5 heteroatoms. The van der Waals surface area contributed by atoms with Crippen molar-refractivity contribution in [3.63, 3.8) is 0 Å². The normalized spacial score (nSPS) is 20.1. The molecular formula is C12H22N2O3. The summed E-state index contributed by atoms with van der Waals surface area (Å²) < 4.78 is 5.15. The summed E-state index contributed by atoms with van der Waals surface area (Å²) in [6.07, 6.45) is 1.95. The summed E-state index contributed by atoms with van der Waals surface area (Å²) in [7, 11) is 0. The maximum atomic E-state index is 11.8. The number of carbonyl (C=O) groups is 2. The summed E-state index contributed by atoms with van der Waals surface area (Å²) in [6.45, 7) is 6.10. The van der Waals surface area contributed by atoms with Gasteiger partial charge < -0.3 is 10.1 Å². The van der Waals surface area contributed by atoms with Gasteiger partial charge in [0.15, 0.2) is 5.78 Å². The van der Waals surface area contributed by atoms with E-state index >= 15 is 0 Å². The quantitative estimate of drug-likeness (QED) is 0.735. The van der Waals surface area contributed by atoms with Crippen LogP contribution in [0.1, 0.15) is 33.1 Å². The molecule has 1 atom stereocenters. The van der Waals surface area contributed by atoms with Gasteiger partial charge >= 0.3 is 6.09 Å². The van der Waals surface area contributed by atoms with E-state index in [0.29, 0.717) is 26.1 Å². The monoisotopic (exact) mass is 242 g/mol. The van der Waals surface area contributed by atoms with Crippen LogP contribution in [0, 0.1) is 0 Å². The molecule has 17 heavy (non-hydrogen) atoms. The average molecular weight is 242 g/mol. The minimum atomic E-state index is -0.358. The van der Waals surface area contributed by atoms with Crippen LogP contribution in [0.2, 0.25) is 0 Å². The number of amides is 1. The number of unbranched alkanes of at least 4 members (excludes halogenated alkanes) is 1. The molecule has 0 bridgehead atoms. The summed E-state index contributed by atoms with van der Waals surface area (Å²) in [5.41, 5.74) is 0. The molecule has 1 aliphatic rings.